The SMILES string of the molecule is CCCC1OC(n2cnc3c(C)ncnc32)C(OC)C1OP(OCCOCCSC(=O)C(C)C)N(C(C)C)C(C)C. The minimum absolute atomic E-state index is 0.0265. The molecule has 41 heavy (non-hydrogen) atoms. The first-order valence-corrected chi connectivity index (χ1v) is 16.7. The Morgan fingerprint density at radius 3 is 2.46 bits per heavy atom. The second-order valence-electron chi connectivity index (χ2n) is 11.0. The van der Waals surface area contributed by atoms with Gasteiger partial charge in [0.05, 0.1) is 37.9 Å². The first kappa shape index (κ1) is 34.3. The van der Waals surface area contributed by atoms with Crippen molar-refractivity contribution in [2.24, 2.45) is 5.92 Å². The molecule has 1 aliphatic heterocycles. The predicted molar refractivity (Wildman–Crippen MR) is 163 cm³/mol. The molecule has 2 aromatic rings. The molecular formula is C28H48N5O6PS. The first-order chi connectivity index (χ1) is 19.6. The van der Waals surface area contributed by atoms with Crippen molar-refractivity contribution in [1.29, 1.82) is 0 Å². The lowest BCUT2D eigenvalue weighted by Gasteiger charge is -2.38. The number of hydrogen-bond donors (Lipinski definition) is 0. The number of aromatic nitrogens is 4. The Balaban J connectivity index is 1.75. The molecule has 1 fully saturated rings. The summed E-state index contributed by atoms with van der Waals surface area (Å²) in [5, 5.41) is 0.184. The normalized spacial score (nSPS) is 22.2. The van der Waals surface area contributed by atoms with E-state index in [1.54, 1.807) is 19.8 Å². The van der Waals surface area contributed by atoms with Crippen molar-refractivity contribution in [1.82, 2.24) is 24.2 Å². The number of imidazole rings is 1. The van der Waals surface area contributed by atoms with Crippen LogP contribution in [0.1, 0.15) is 73.2 Å². The zero-order valence-corrected chi connectivity index (χ0v) is 27.7. The van der Waals surface area contributed by atoms with Crippen molar-refractivity contribution < 1.29 is 28.1 Å². The number of aryl methyl sites for hydroxylation is 1. The molecule has 0 N–H and O–H groups in total. The molecule has 0 saturated carbocycles. The Bertz CT molecular complexity index is 1080. The molecule has 0 amide bonds. The molecule has 5 atom stereocenters. The zero-order chi connectivity index (χ0) is 30.1. The molecule has 1 saturated heterocycles. The number of fused-ring (bicyclic) bond motifs is 1. The molecule has 1 aliphatic rings. The van der Waals surface area contributed by atoms with E-state index in [4.69, 9.17) is 23.3 Å². The van der Waals surface area contributed by atoms with Crippen molar-refractivity contribution >= 4 is 36.6 Å². The van der Waals surface area contributed by atoms with Gasteiger partial charge in [-0.3, -0.25) is 9.36 Å². The van der Waals surface area contributed by atoms with E-state index in [-0.39, 0.29) is 35.3 Å². The lowest BCUT2D eigenvalue weighted by Crippen LogP contribution is -2.39. The summed E-state index contributed by atoms with van der Waals surface area (Å²) in [6.07, 6.45) is 3.61. The highest BCUT2D eigenvalue weighted by atomic mass is 32.2. The molecule has 0 aromatic carbocycles. The summed E-state index contributed by atoms with van der Waals surface area (Å²) in [5.74, 6) is 0.660. The van der Waals surface area contributed by atoms with Gasteiger partial charge in [-0.2, -0.15) is 0 Å². The van der Waals surface area contributed by atoms with Crippen molar-refractivity contribution in [3.8, 4) is 0 Å². The number of rotatable bonds is 17. The van der Waals surface area contributed by atoms with Gasteiger partial charge in [0.25, 0.3) is 8.53 Å². The van der Waals surface area contributed by atoms with E-state index in [9.17, 15) is 4.79 Å². The predicted octanol–water partition coefficient (Wildman–Crippen LogP) is 5.53. The average Bonchev–Trinajstić information content (AvgIpc) is 3.49. The van der Waals surface area contributed by atoms with Gasteiger partial charge in [-0.25, -0.2) is 19.6 Å². The lowest BCUT2D eigenvalue weighted by molar-refractivity contribution is -0.113. The molecule has 11 nitrogen and oxygen atoms in total. The minimum atomic E-state index is -1.46. The van der Waals surface area contributed by atoms with Crippen molar-refractivity contribution in [3.63, 3.8) is 0 Å². The van der Waals surface area contributed by atoms with Crippen LogP contribution >= 0.6 is 20.3 Å². The summed E-state index contributed by atoms with van der Waals surface area (Å²) in [6.45, 7) is 17.7. The maximum Gasteiger partial charge on any atom is 0.259 e. The van der Waals surface area contributed by atoms with Gasteiger partial charge >= 0.3 is 0 Å². The smallest absolute Gasteiger partial charge is 0.259 e. The van der Waals surface area contributed by atoms with E-state index in [0.29, 0.717) is 31.2 Å². The first-order valence-electron chi connectivity index (χ1n) is 14.5. The molecular weight excluding hydrogens is 565 g/mol. The Hall–Kier alpha value is -1.24. The summed E-state index contributed by atoms with van der Waals surface area (Å²) in [6, 6.07) is 0.392. The lowest BCUT2D eigenvalue weighted by atomic mass is 10.1. The van der Waals surface area contributed by atoms with Crippen LogP contribution in [0.5, 0.6) is 0 Å². The largest absolute Gasteiger partial charge is 0.378 e. The molecule has 3 heterocycles. The number of nitrogens with zero attached hydrogens (tertiary/aromatic N) is 5. The second-order valence-corrected chi connectivity index (χ2v) is 13.5. The van der Waals surface area contributed by atoms with Crippen LogP contribution in [0, 0.1) is 12.8 Å². The maximum absolute atomic E-state index is 11.8. The van der Waals surface area contributed by atoms with Gasteiger partial charge in [0.15, 0.2) is 17.0 Å². The minimum Gasteiger partial charge on any atom is -0.378 e. The number of thioether (sulfide) groups is 1. The molecule has 0 spiro atoms. The quantitative estimate of drug-likeness (QED) is 0.166. The fourth-order valence-corrected chi connectivity index (χ4v) is 7.34. The van der Waals surface area contributed by atoms with Crippen molar-refractivity contribution in [3.05, 3.63) is 18.3 Å². The number of hydrogen-bond acceptors (Lipinski definition) is 11. The Labute approximate surface area is 250 Å². The second kappa shape index (κ2) is 16.6. The van der Waals surface area contributed by atoms with Gasteiger partial charge in [0.2, 0.25) is 0 Å². The third-order valence-electron chi connectivity index (χ3n) is 6.78. The van der Waals surface area contributed by atoms with Crippen LogP contribution in [-0.2, 0) is 28.1 Å². The highest BCUT2D eigenvalue weighted by Crippen LogP contribution is 2.51. The van der Waals surface area contributed by atoms with Crippen LogP contribution in [0.25, 0.3) is 11.2 Å². The monoisotopic (exact) mass is 613 g/mol. The third-order valence-corrected chi connectivity index (χ3v) is 10.0. The van der Waals surface area contributed by atoms with Crippen LogP contribution in [-0.4, -0.2) is 92.4 Å². The molecule has 13 heteroatoms. The molecule has 2 aromatic heterocycles. The fraction of sp³-hybridized carbons (Fsp3) is 0.786. The van der Waals surface area contributed by atoms with E-state index in [1.165, 1.54) is 11.8 Å². The van der Waals surface area contributed by atoms with Gasteiger partial charge in [0, 0.05) is 30.9 Å². The van der Waals surface area contributed by atoms with Gasteiger partial charge in [-0.1, -0.05) is 39.0 Å². The number of ether oxygens (including phenoxy) is 3. The summed E-state index contributed by atoms with van der Waals surface area (Å²) in [5.41, 5.74) is 2.26. The van der Waals surface area contributed by atoms with Crippen LogP contribution in [0.2, 0.25) is 0 Å². The Morgan fingerprint density at radius 1 is 1.10 bits per heavy atom. The van der Waals surface area contributed by atoms with E-state index >= 15 is 0 Å². The van der Waals surface area contributed by atoms with E-state index < -0.39 is 20.9 Å². The van der Waals surface area contributed by atoms with Crippen molar-refractivity contribution in [2.75, 3.05) is 32.7 Å². The van der Waals surface area contributed by atoms with Gasteiger partial charge in [-0.05, 0) is 41.0 Å². The standard InChI is InChI=1S/C28H48N5O6PS/c1-10-11-22-24(25(35-9)27(38-22)32-17-31-23-21(8)29-16-30-26(23)32)39-40(33(19(4)5)20(6)7)37-13-12-36-14-15-41-28(34)18(2)3/h16-20,22,24-25,27H,10-15H2,1-9H3. The molecule has 0 aliphatic carbocycles. The van der Waals surface area contributed by atoms with Gasteiger partial charge < -0.3 is 23.3 Å². The number of carbonyl (C=O) groups excluding carboxylic acids is 1. The number of methoxy groups -OCH3 is 1. The summed E-state index contributed by atoms with van der Waals surface area (Å²) in [4.78, 5) is 25.1. The van der Waals surface area contributed by atoms with E-state index in [1.807, 2.05) is 25.3 Å². The van der Waals surface area contributed by atoms with E-state index in [2.05, 4.69) is 54.2 Å². The summed E-state index contributed by atoms with van der Waals surface area (Å²) in [7, 11) is 0.227. The van der Waals surface area contributed by atoms with Gasteiger partial charge in [0.1, 0.15) is 24.1 Å². The molecule has 232 valence electrons. The summed E-state index contributed by atoms with van der Waals surface area (Å²) < 4.78 is 35.9. The Morgan fingerprint density at radius 2 is 1.83 bits per heavy atom. The number of carbonyl (C=O) groups is 1. The van der Waals surface area contributed by atoms with Crippen molar-refractivity contribution in [2.45, 2.75) is 105 Å². The van der Waals surface area contributed by atoms with Crippen LogP contribution in [0.15, 0.2) is 12.7 Å². The van der Waals surface area contributed by atoms with Gasteiger partial charge in [-0.15, -0.1) is 0 Å². The van der Waals surface area contributed by atoms with Crippen LogP contribution < -0.4 is 0 Å². The Kier molecular flexibility index (Phi) is 13.8. The molecule has 3 rings (SSSR count). The summed E-state index contributed by atoms with van der Waals surface area (Å²) >= 11 is 1.31. The highest BCUT2D eigenvalue weighted by Gasteiger charge is 2.49. The van der Waals surface area contributed by atoms with Crippen LogP contribution in [0.4, 0.5) is 0 Å². The third kappa shape index (κ3) is 8.89. The molecule has 0 radical (unpaired) electrons. The average molecular weight is 614 g/mol. The maximum atomic E-state index is 11.8. The topological polar surface area (TPSA) is 110 Å². The van der Waals surface area contributed by atoms with E-state index in [0.717, 1.165) is 24.1 Å². The molecule has 5 unspecified atom stereocenters. The zero-order valence-electron chi connectivity index (χ0n) is 26.0. The highest BCUT2D eigenvalue weighted by molar-refractivity contribution is 8.13. The van der Waals surface area contributed by atoms with Crippen LogP contribution in [0.3, 0.4) is 0 Å². The molecule has 0 bridgehead atoms. The fourth-order valence-electron chi connectivity index (χ4n) is 4.86.